The summed E-state index contributed by atoms with van der Waals surface area (Å²) in [4.78, 5) is 23.6. The lowest BCUT2D eigenvalue weighted by Gasteiger charge is -2.14. The first-order valence-electron chi connectivity index (χ1n) is 9.49. The van der Waals surface area contributed by atoms with Gasteiger partial charge in [-0.1, -0.05) is 12.1 Å². The minimum atomic E-state index is -0.407. The molecule has 0 aliphatic rings. The highest BCUT2D eigenvalue weighted by atomic mass is 16.5. The van der Waals surface area contributed by atoms with Crippen molar-refractivity contribution < 1.29 is 23.4 Å². The summed E-state index contributed by atoms with van der Waals surface area (Å²) < 4.78 is 21.6. The number of rotatable bonds is 8. The molecule has 0 amide bonds. The lowest BCUT2D eigenvalue weighted by molar-refractivity contribution is -0.143. The number of benzene rings is 2. The van der Waals surface area contributed by atoms with Gasteiger partial charge in [0.15, 0.2) is 0 Å². The zero-order valence-electron chi connectivity index (χ0n) is 16.8. The summed E-state index contributed by atoms with van der Waals surface area (Å²) in [7, 11) is 1.62. The van der Waals surface area contributed by atoms with E-state index in [0.717, 1.165) is 27.8 Å². The minimum absolute atomic E-state index is 0.244. The zero-order chi connectivity index (χ0) is 20.8. The number of carbonyl (C=O) groups excluding carboxylic acids is 1. The molecule has 0 unspecified atom stereocenters. The number of esters is 1. The number of methoxy groups -OCH3 is 1. The van der Waals surface area contributed by atoms with Crippen LogP contribution in [-0.2, 0) is 22.6 Å². The maximum atomic E-state index is 11.8. The SMILES string of the molecule is CCOC(=O)CCc1cc2c(C)cc(=O)oc2cc1OCc1ccc(OC)cc1. The van der Waals surface area contributed by atoms with Crippen molar-refractivity contribution in [3.05, 3.63) is 69.6 Å². The summed E-state index contributed by atoms with van der Waals surface area (Å²) >= 11 is 0. The van der Waals surface area contributed by atoms with Crippen LogP contribution in [0.2, 0.25) is 0 Å². The highest BCUT2D eigenvalue weighted by Crippen LogP contribution is 2.29. The van der Waals surface area contributed by atoms with E-state index in [1.807, 2.05) is 37.3 Å². The first kappa shape index (κ1) is 20.5. The Kier molecular flexibility index (Phi) is 6.54. The average molecular weight is 396 g/mol. The van der Waals surface area contributed by atoms with Crippen molar-refractivity contribution >= 4 is 16.9 Å². The summed E-state index contributed by atoms with van der Waals surface area (Å²) in [6.45, 7) is 4.31. The van der Waals surface area contributed by atoms with E-state index in [9.17, 15) is 9.59 Å². The maximum absolute atomic E-state index is 11.8. The first-order valence-corrected chi connectivity index (χ1v) is 9.49. The molecular formula is C23H24O6. The number of hydrogen-bond donors (Lipinski definition) is 0. The molecule has 0 spiro atoms. The Morgan fingerprint density at radius 2 is 1.86 bits per heavy atom. The minimum Gasteiger partial charge on any atom is -0.497 e. The summed E-state index contributed by atoms with van der Waals surface area (Å²) in [5.41, 5.74) is 2.69. The molecule has 0 fully saturated rings. The lowest BCUT2D eigenvalue weighted by Crippen LogP contribution is -2.07. The number of aryl methyl sites for hydroxylation is 2. The van der Waals surface area contributed by atoms with Crippen LogP contribution in [0.5, 0.6) is 11.5 Å². The fourth-order valence-corrected chi connectivity index (χ4v) is 3.07. The number of carbonyl (C=O) groups is 1. The fraction of sp³-hybridized carbons (Fsp3) is 0.304. The molecule has 29 heavy (non-hydrogen) atoms. The summed E-state index contributed by atoms with van der Waals surface area (Å²) in [5.74, 6) is 1.09. The smallest absolute Gasteiger partial charge is 0.336 e. The molecule has 2 aromatic carbocycles. The van der Waals surface area contributed by atoms with Gasteiger partial charge < -0.3 is 18.6 Å². The van der Waals surface area contributed by atoms with Crippen molar-refractivity contribution in [3.8, 4) is 11.5 Å². The van der Waals surface area contributed by atoms with Gasteiger partial charge in [0.05, 0.1) is 13.7 Å². The van der Waals surface area contributed by atoms with E-state index in [1.165, 1.54) is 6.07 Å². The second-order valence-corrected chi connectivity index (χ2v) is 6.65. The summed E-state index contributed by atoms with van der Waals surface area (Å²) in [5, 5.41) is 0.820. The third-order valence-electron chi connectivity index (χ3n) is 4.59. The van der Waals surface area contributed by atoms with Gasteiger partial charge in [-0.25, -0.2) is 4.79 Å². The molecule has 1 heterocycles. The van der Waals surface area contributed by atoms with Gasteiger partial charge in [0.25, 0.3) is 0 Å². The average Bonchev–Trinajstić information content (AvgIpc) is 2.71. The monoisotopic (exact) mass is 396 g/mol. The highest BCUT2D eigenvalue weighted by molar-refractivity contribution is 5.83. The predicted octanol–water partition coefficient (Wildman–Crippen LogP) is 4.18. The Balaban J connectivity index is 1.89. The van der Waals surface area contributed by atoms with Crippen LogP contribution in [0.25, 0.3) is 11.0 Å². The molecule has 1 aromatic heterocycles. The molecule has 0 aliphatic heterocycles. The Morgan fingerprint density at radius 3 is 2.55 bits per heavy atom. The van der Waals surface area contributed by atoms with Crippen molar-refractivity contribution in [2.24, 2.45) is 0 Å². The lowest BCUT2D eigenvalue weighted by atomic mass is 10.0. The molecule has 6 heteroatoms. The normalized spacial score (nSPS) is 10.7. The van der Waals surface area contributed by atoms with E-state index in [0.29, 0.717) is 31.0 Å². The number of fused-ring (bicyclic) bond motifs is 1. The molecule has 3 rings (SSSR count). The molecule has 0 bridgehead atoms. The van der Waals surface area contributed by atoms with Gasteiger partial charge in [0.1, 0.15) is 23.7 Å². The molecule has 0 radical (unpaired) electrons. The predicted molar refractivity (Wildman–Crippen MR) is 110 cm³/mol. The van der Waals surface area contributed by atoms with E-state index < -0.39 is 5.63 Å². The van der Waals surface area contributed by atoms with E-state index in [-0.39, 0.29) is 12.4 Å². The fourth-order valence-electron chi connectivity index (χ4n) is 3.07. The zero-order valence-corrected chi connectivity index (χ0v) is 16.8. The van der Waals surface area contributed by atoms with E-state index >= 15 is 0 Å². The van der Waals surface area contributed by atoms with Crippen LogP contribution < -0.4 is 15.1 Å². The maximum Gasteiger partial charge on any atom is 0.336 e. The van der Waals surface area contributed by atoms with Gasteiger partial charge in [-0.05, 0) is 55.2 Å². The Labute approximate surface area is 169 Å². The van der Waals surface area contributed by atoms with Gasteiger partial charge in [0.2, 0.25) is 0 Å². The number of hydrogen-bond acceptors (Lipinski definition) is 6. The summed E-state index contributed by atoms with van der Waals surface area (Å²) in [6, 6.07) is 12.6. The van der Waals surface area contributed by atoms with Crippen LogP contribution in [0.4, 0.5) is 0 Å². The van der Waals surface area contributed by atoms with Crippen LogP contribution in [-0.4, -0.2) is 19.7 Å². The second-order valence-electron chi connectivity index (χ2n) is 6.65. The molecule has 0 aliphatic carbocycles. The number of ether oxygens (including phenoxy) is 3. The van der Waals surface area contributed by atoms with Crippen molar-refractivity contribution in [3.63, 3.8) is 0 Å². The molecule has 0 atom stereocenters. The summed E-state index contributed by atoms with van der Waals surface area (Å²) in [6.07, 6.45) is 0.708. The van der Waals surface area contributed by atoms with Gasteiger partial charge in [-0.15, -0.1) is 0 Å². The van der Waals surface area contributed by atoms with Crippen LogP contribution in [0, 0.1) is 6.92 Å². The topological polar surface area (TPSA) is 75.0 Å². The van der Waals surface area contributed by atoms with Gasteiger partial charge in [0, 0.05) is 23.9 Å². The van der Waals surface area contributed by atoms with Crippen LogP contribution >= 0.6 is 0 Å². The second kappa shape index (κ2) is 9.28. The Hall–Kier alpha value is -3.28. The van der Waals surface area contributed by atoms with Crippen LogP contribution in [0.15, 0.2) is 51.7 Å². The van der Waals surface area contributed by atoms with Crippen molar-refractivity contribution in [1.82, 2.24) is 0 Å². The molecule has 0 N–H and O–H groups in total. The van der Waals surface area contributed by atoms with E-state index in [2.05, 4.69) is 0 Å². The molecule has 152 valence electrons. The molecule has 6 nitrogen and oxygen atoms in total. The largest absolute Gasteiger partial charge is 0.497 e. The Bertz CT molecular complexity index is 1050. The standard InChI is InChI=1S/C23H24O6/c1-4-27-22(24)10-7-17-12-19-15(2)11-23(25)29-21(19)13-20(17)28-14-16-5-8-18(26-3)9-6-16/h5-6,8-9,11-13H,4,7,10,14H2,1-3H3. The molecular weight excluding hydrogens is 372 g/mol. The van der Waals surface area contributed by atoms with Gasteiger partial charge in [-0.3, -0.25) is 4.79 Å². The van der Waals surface area contributed by atoms with Crippen molar-refractivity contribution in [2.45, 2.75) is 33.3 Å². The van der Waals surface area contributed by atoms with Crippen molar-refractivity contribution in [2.75, 3.05) is 13.7 Å². The van der Waals surface area contributed by atoms with Crippen LogP contribution in [0.1, 0.15) is 30.0 Å². The molecule has 0 saturated carbocycles. The molecule has 0 saturated heterocycles. The first-order chi connectivity index (χ1) is 14.0. The highest BCUT2D eigenvalue weighted by Gasteiger charge is 2.13. The van der Waals surface area contributed by atoms with Gasteiger partial charge in [-0.2, -0.15) is 0 Å². The van der Waals surface area contributed by atoms with Crippen LogP contribution in [0.3, 0.4) is 0 Å². The third kappa shape index (κ3) is 5.16. The van der Waals surface area contributed by atoms with E-state index in [1.54, 1.807) is 20.1 Å². The third-order valence-corrected chi connectivity index (χ3v) is 4.59. The van der Waals surface area contributed by atoms with Crippen molar-refractivity contribution in [1.29, 1.82) is 0 Å². The molecule has 3 aromatic rings. The quantitative estimate of drug-likeness (QED) is 0.420. The Morgan fingerprint density at radius 1 is 1.10 bits per heavy atom. The van der Waals surface area contributed by atoms with E-state index in [4.69, 9.17) is 18.6 Å². The van der Waals surface area contributed by atoms with Gasteiger partial charge >= 0.3 is 11.6 Å².